The summed E-state index contributed by atoms with van der Waals surface area (Å²) in [5.74, 6) is 1.42. The SMILES string of the molecule is C=C1/C(=C\C=C2/CCC[C@]3(C)[C@@H]([C@H](C)CN4CCC(C(F)F)CC4)CC[C@@H]23)C[C@@H](O)C[C@@H]1O. The Morgan fingerprint density at radius 1 is 1.15 bits per heavy atom. The van der Waals surface area contributed by atoms with Crippen molar-refractivity contribution in [2.24, 2.45) is 29.1 Å². The molecule has 2 N–H and O–H groups in total. The Morgan fingerprint density at radius 2 is 1.88 bits per heavy atom. The van der Waals surface area contributed by atoms with Crippen molar-refractivity contribution in [3.8, 4) is 0 Å². The lowest BCUT2D eigenvalue weighted by Crippen LogP contribution is -2.42. The molecular formula is C28H43F2NO2. The number of halogens is 2. The van der Waals surface area contributed by atoms with Crippen molar-refractivity contribution in [3.63, 3.8) is 0 Å². The summed E-state index contributed by atoms with van der Waals surface area (Å²) in [6.07, 6.45) is 9.36. The van der Waals surface area contributed by atoms with Gasteiger partial charge in [0.05, 0.1) is 12.2 Å². The number of likely N-dealkylation sites (tertiary alicyclic amines) is 1. The highest BCUT2D eigenvalue weighted by Gasteiger charge is 2.50. The van der Waals surface area contributed by atoms with Gasteiger partial charge in [0.25, 0.3) is 0 Å². The molecule has 1 aliphatic heterocycles. The second-order valence-corrected chi connectivity index (χ2v) is 11.6. The number of nitrogens with zero attached hydrogens (tertiary/aromatic N) is 1. The van der Waals surface area contributed by atoms with E-state index in [-0.39, 0.29) is 0 Å². The molecule has 3 nitrogen and oxygen atoms in total. The topological polar surface area (TPSA) is 43.7 Å². The van der Waals surface area contributed by atoms with E-state index in [1.165, 1.54) is 31.3 Å². The molecule has 33 heavy (non-hydrogen) atoms. The molecule has 1 heterocycles. The molecule has 6 atom stereocenters. The van der Waals surface area contributed by atoms with Gasteiger partial charge in [-0.15, -0.1) is 0 Å². The molecule has 0 aromatic carbocycles. The quantitative estimate of drug-likeness (QED) is 0.546. The predicted molar refractivity (Wildman–Crippen MR) is 129 cm³/mol. The number of hydrogen-bond acceptors (Lipinski definition) is 3. The first-order chi connectivity index (χ1) is 15.7. The van der Waals surface area contributed by atoms with Crippen molar-refractivity contribution in [2.75, 3.05) is 19.6 Å². The maximum absolute atomic E-state index is 13.0. The number of aliphatic hydroxyl groups excluding tert-OH is 2. The standard InChI is InChI=1S/C28H43F2NO2/c1-18(17-31-13-10-21(11-14-31)27(29)30)24-8-9-25-20(5-4-12-28(24,25)3)6-7-22-15-23(32)16-26(33)19(22)2/h6-7,18,21,23-27,32-33H,2,4-5,8-17H2,1,3H3/b20-6+,22-7-/t18-,23-,24-,25+,26+,28-/m1/s1. The fourth-order valence-corrected chi connectivity index (χ4v) is 7.60. The molecule has 3 aliphatic carbocycles. The van der Waals surface area contributed by atoms with Gasteiger partial charge in [-0.2, -0.15) is 0 Å². The monoisotopic (exact) mass is 463 g/mol. The van der Waals surface area contributed by atoms with Crippen LogP contribution >= 0.6 is 0 Å². The molecule has 0 aromatic heterocycles. The Labute approximate surface area is 198 Å². The number of piperidine rings is 1. The summed E-state index contributed by atoms with van der Waals surface area (Å²) < 4.78 is 26.0. The second kappa shape index (κ2) is 10.3. The highest BCUT2D eigenvalue weighted by molar-refractivity contribution is 5.38. The number of fused-ring (bicyclic) bond motifs is 1. The smallest absolute Gasteiger partial charge is 0.241 e. The lowest BCUT2D eigenvalue weighted by Gasteiger charge is -2.45. The van der Waals surface area contributed by atoms with E-state index in [4.69, 9.17) is 0 Å². The fraction of sp³-hybridized carbons (Fsp3) is 0.786. The van der Waals surface area contributed by atoms with Crippen molar-refractivity contribution in [1.82, 2.24) is 4.90 Å². The zero-order chi connectivity index (χ0) is 23.8. The van der Waals surface area contributed by atoms with Gasteiger partial charge in [0.15, 0.2) is 0 Å². The van der Waals surface area contributed by atoms with Crippen LogP contribution < -0.4 is 0 Å². The maximum Gasteiger partial charge on any atom is 0.241 e. The summed E-state index contributed by atoms with van der Waals surface area (Å²) in [7, 11) is 0. The molecule has 0 spiro atoms. The molecule has 1 saturated heterocycles. The Balaban J connectivity index is 1.41. The van der Waals surface area contributed by atoms with Crippen molar-refractivity contribution < 1.29 is 19.0 Å². The van der Waals surface area contributed by atoms with Crippen molar-refractivity contribution >= 4 is 0 Å². The van der Waals surface area contributed by atoms with E-state index in [2.05, 4.69) is 37.5 Å². The average molecular weight is 464 g/mol. The van der Waals surface area contributed by atoms with Crippen LogP contribution in [-0.2, 0) is 0 Å². The van der Waals surface area contributed by atoms with Gasteiger partial charge in [-0.1, -0.05) is 38.2 Å². The number of allylic oxidation sites excluding steroid dienone is 3. The van der Waals surface area contributed by atoms with Crippen molar-refractivity contribution in [3.05, 3.63) is 35.5 Å². The van der Waals surface area contributed by atoms with E-state index in [0.29, 0.717) is 48.9 Å². The van der Waals surface area contributed by atoms with E-state index in [1.807, 2.05) is 0 Å². The van der Waals surface area contributed by atoms with E-state index in [1.54, 1.807) is 0 Å². The van der Waals surface area contributed by atoms with Crippen LogP contribution in [0.4, 0.5) is 8.78 Å². The fourth-order valence-electron chi connectivity index (χ4n) is 7.60. The van der Waals surface area contributed by atoms with Crippen LogP contribution in [0.5, 0.6) is 0 Å². The maximum atomic E-state index is 13.0. The third kappa shape index (κ3) is 5.31. The van der Waals surface area contributed by atoms with Crippen molar-refractivity contribution in [1.29, 1.82) is 0 Å². The second-order valence-electron chi connectivity index (χ2n) is 11.6. The van der Waals surface area contributed by atoms with Crippen LogP contribution in [0.1, 0.15) is 71.6 Å². The Morgan fingerprint density at radius 3 is 2.58 bits per heavy atom. The third-order valence-corrected chi connectivity index (χ3v) is 9.52. The molecular weight excluding hydrogens is 420 g/mol. The summed E-state index contributed by atoms with van der Waals surface area (Å²) in [6, 6.07) is 0. The van der Waals surface area contributed by atoms with Gasteiger partial charge in [0, 0.05) is 18.9 Å². The molecule has 0 bridgehead atoms. The van der Waals surface area contributed by atoms with Gasteiger partial charge >= 0.3 is 0 Å². The Kier molecular flexibility index (Phi) is 7.82. The Bertz CT molecular complexity index is 770. The molecule has 4 rings (SSSR count). The highest BCUT2D eigenvalue weighted by atomic mass is 19.3. The van der Waals surface area contributed by atoms with Gasteiger partial charge in [-0.3, -0.25) is 0 Å². The van der Waals surface area contributed by atoms with Crippen LogP contribution in [0.2, 0.25) is 0 Å². The summed E-state index contributed by atoms with van der Waals surface area (Å²) >= 11 is 0. The number of hydrogen-bond donors (Lipinski definition) is 2. The van der Waals surface area contributed by atoms with E-state index >= 15 is 0 Å². The average Bonchev–Trinajstić information content (AvgIpc) is 3.13. The van der Waals surface area contributed by atoms with Crippen LogP contribution in [-0.4, -0.2) is 53.4 Å². The van der Waals surface area contributed by atoms with Gasteiger partial charge < -0.3 is 15.1 Å². The van der Waals surface area contributed by atoms with Crippen molar-refractivity contribution in [2.45, 2.75) is 90.3 Å². The molecule has 3 saturated carbocycles. The first-order valence-electron chi connectivity index (χ1n) is 13.1. The largest absolute Gasteiger partial charge is 0.393 e. The summed E-state index contributed by atoms with van der Waals surface area (Å²) in [5, 5.41) is 20.2. The first-order valence-corrected chi connectivity index (χ1v) is 13.1. The van der Waals surface area contributed by atoms with Crippen LogP contribution in [0.3, 0.4) is 0 Å². The normalized spacial score (nSPS) is 40.0. The molecule has 4 aliphatic rings. The molecule has 0 amide bonds. The Hall–Kier alpha value is -1.04. The number of aliphatic hydroxyl groups is 2. The first kappa shape index (κ1) is 25.1. The lowest BCUT2D eigenvalue weighted by molar-refractivity contribution is 0.0227. The van der Waals surface area contributed by atoms with Crippen LogP contribution in [0.25, 0.3) is 0 Å². The lowest BCUT2D eigenvalue weighted by atomic mass is 9.61. The molecule has 0 aromatic rings. The molecule has 0 radical (unpaired) electrons. The molecule has 5 heteroatoms. The summed E-state index contributed by atoms with van der Waals surface area (Å²) in [6.45, 7) is 11.6. The zero-order valence-corrected chi connectivity index (χ0v) is 20.5. The van der Waals surface area contributed by atoms with E-state index in [0.717, 1.165) is 37.2 Å². The van der Waals surface area contributed by atoms with Gasteiger partial charge in [0.2, 0.25) is 6.43 Å². The van der Waals surface area contributed by atoms with Crippen LogP contribution in [0.15, 0.2) is 35.5 Å². The third-order valence-electron chi connectivity index (χ3n) is 9.52. The summed E-state index contributed by atoms with van der Waals surface area (Å²) in [5.41, 5.74) is 3.55. The van der Waals surface area contributed by atoms with E-state index < -0.39 is 24.6 Å². The summed E-state index contributed by atoms with van der Waals surface area (Å²) in [4.78, 5) is 2.43. The van der Waals surface area contributed by atoms with Gasteiger partial charge in [-0.05, 0) is 98.8 Å². The highest BCUT2D eigenvalue weighted by Crippen LogP contribution is 2.59. The number of alkyl halides is 2. The number of rotatable bonds is 5. The molecule has 186 valence electrons. The molecule has 4 fully saturated rings. The van der Waals surface area contributed by atoms with E-state index in [9.17, 15) is 19.0 Å². The van der Waals surface area contributed by atoms with Crippen LogP contribution in [0, 0.1) is 29.1 Å². The minimum absolute atomic E-state index is 0.298. The minimum Gasteiger partial charge on any atom is -0.393 e. The van der Waals surface area contributed by atoms with Gasteiger partial charge in [-0.25, -0.2) is 8.78 Å². The predicted octanol–water partition coefficient (Wildman–Crippen LogP) is 5.74. The van der Waals surface area contributed by atoms with Gasteiger partial charge in [0.1, 0.15) is 0 Å². The molecule has 0 unspecified atom stereocenters. The minimum atomic E-state index is -2.17. The zero-order valence-electron chi connectivity index (χ0n) is 20.5.